The van der Waals surface area contributed by atoms with Crippen molar-refractivity contribution in [2.24, 2.45) is 0 Å². The second-order valence-corrected chi connectivity index (χ2v) is 4.58. The number of amides is 1. The average Bonchev–Trinajstić information content (AvgIpc) is 2.54. The molecule has 0 atom stereocenters. The Morgan fingerprint density at radius 1 is 1.09 bits per heavy atom. The maximum Gasteiger partial charge on any atom is 0.262 e. The van der Waals surface area contributed by atoms with Crippen molar-refractivity contribution in [2.45, 2.75) is 13.5 Å². The molecule has 0 bridgehead atoms. The quantitative estimate of drug-likeness (QED) is 0.825. The summed E-state index contributed by atoms with van der Waals surface area (Å²) in [5.41, 5.74) is 1.36. The van der Waals surface area contributed by atoms with Crippen molar-refractivity contribution in [3.05, 3.63) is 54.1 Å². The summed E-state index contributed by atoms with van der Waals surface area (Å²) in [5, 5.41) is 11.8. The first-order chi connectivity index (χ1) is 10.7. The van der Waals surface area contributed by atoms with Crippen molar-refractivity contribution in [1.82, 2.24) is 0 Å². The molecule has 0 aliphatic heterocycles. The fourth-order valence-electron chi connectivity index (χ4n) is 1.93. The highest BCUT2D eigenvalue weighted by molar-refractivity contribution is 5.91. The summed E-state index contributed by atoms with van der Waals surface area (Å²) >= 11 is 0. The number of nitrogens with one attached hydrogen (secondary N) is 1. The maximum absolute atomic E-state index is 11.9. The second-order valence-electron chi connectivity index (χ2n) is 4.58. The van der Waals surface area contributed by atoms with Gasteiger partial charge in [0.15, 0.2) is 18.1 Å². The number of benzene rings is 2. The van der Waals surface area contributed by atoms with E-state index in [0.717, 1.165) is 5.56 Å². The van der Waals surface area contributed by atoms with Crippen LogP contribution in [0.3, 0.4) is 0 Å². The van der Waals surface area contributed by atoms with Gasteiger partial charge in [-0.25, -0.2) is 0 Å². The summed E-state index contributed by atoms with van der Waals surface area (Å²) in [4.78, 5) is 11.9. The Labute approximate surface area is 129 Å². The molecule has 0 radical (unpaired) electrons. The van der Waals surface area contributed by atoms with Crippen molar-refractivity contribution < 1.29 is 19.4 Å². The summed E-state index contributed by atoms with van der Waals surface area (Å²) in [6.45, 7) is 2.23. The Balaban J connectivity index is 1.92. The van der Waals surface area contributed by atoms with Crippen LogP contribution in [-0.4, -0.2) is 24.2 Å². The zero-order chi connectivity index (χ0) is 15.8. The SMILES string of the molecule is CCOc1ccccc1OCC(=O)Nc1cccc(CO)c1. The Bertz CT molecular complexity index is 628. The van der Waals surface area contributed by atoms with E-state index in [4.69, 9.17) is 14.6 Å². The van der Waals surface area contributed by atoms with Crippen molar-refractivity contribution >= 4 is 11.6 Å². The molecule has 0 aromatic heterocycles. The van der Waals surface area contributed by atoms with Gasteiger partial charge in [0.1, 0.15) is 0 Å². The predicted molar refractivity (Wildman–Crippen MR) is 84.1 cm³/mol. The number of aliphatic hydroxyl groups excluding tert-OH is 1. The third kappa shape index (κ3) is 4.49. The smallest absolute Gasteiger partial charge is 0.262 e. The van der Waals surface area contributed by atoms with E-state index in [2.05, 4.69) is 5.32 Å². The van der Waals surface area contributed by atoms with E-state index in [1.54, 1.807) is 36.4 Å². The Kier molecular flexibility index (Phi) is 5.80. The van der Waals surface area contributed by atoms with Crippen LogP contribution in [0.5, 0.6) is 11.5 Å². The van der Waals surface area contributed by atoms with Crippen molar-refractivity contribution in [3.63, 3.8) is 0 Å². The molecule has 2 aromatic carbocycles. The highest BCUT2D eigenvalue weighted by atomic mass is 16.5. The zero-order valence-corrected chi connectivity index (χ0v) is 12.4. The standard InChI is InChI=1S/C17H19NO4/c1-2-21-15-8-3-4-9-16(15)22-12-17(20)18-14-7-5-6-13(10-14)11-19/h3-10,19H,2,11-12H2,1H3,(H,18,20). The molecule has 0 unspecified atom stereocenters. The topological polar surface area (TPSA) is 67.8 Å². The van der Waals surface area contributed by atoms with Crippen LogP contribution in [0.2, 0.25) is 0 Å². The molecule has 0 spiro atoms. The number of carbonyl (C=O) groups excluding carboxylic acids is 1. The van der Waals surface area contributed by atoms with E-state index in [9.17, 15) is 4.79 Å². The lowest BCUT2D eigenvalue weighted by Crippen LogP contribution is -2.20. The molecule has 0 saturated carbocycles. The van der Waals surface area contributed by atoms with Gasteiger partial charge in [0.2, 0.25) is 0 Å². The van der Waals surface area contributed by atoms with E-state index in [-0.39, 0.29) is 19.1 Å². The lowest BCUT2D eigenvalue weighted by Gasteiger charge is -2.11. The molecule has 2 aromatic rings. The van der Waals surface area contributed by atoms with Gasteiger partial charge in [-0.2, -0.15) is 0 Å². The molecule has 2 rings (SSSR count). The van der Waals surface area contributed by atoms with Crippen LogP contribution >= 0.6 is 0 Å². The molecule has 1 amide bonds. The number of hydrogen-bond acceptors (Lipinski definition) is 4. The van der Waals surface area contributed by atoms with E-state index in [1.165, 1.54) is 0 Å². The minimum absolute atomic E-state index is 0.0675. The molecule has 5 heteroatoms. The maximum atomic E-state index is 11.9. The molecule has 0 saturated heterocycles. The molecular formula is C17H19NO4. The molecule has 0 aliphatic rings. The fourth-order valence-corrected chi connectivity index (χ4v) is 1.93. The lowest BCUT2D eigenvalue weighted by atomic mass is 10.2. The molecule has 2 N–H and O–H groups in total. The number of carbonyl (C=O) groups is 1. The minimum Gasteiger partial charge on any atom is -0.490 e. The predicted octanol–water partition coefficient (Wildman–Crippen LogP) is 2.60. The molecule has 116 valence electrons. The normalized spacial score (nSPS) is 10.1. The number of hydrogen-bond donors (Lipinski definition) is 2. The fraction of sp³-hybridized carbons (Fsp3) is 0.235. The van der Waals surface area contributed by atoms with E-state index >= 15 is 0 Å². The first kappa shape index (κ1) is 15.9. The molecule has 5 nitrogen and oxygen atoms in total. The van der Waals surface area contributed by atoms with Gasteiger partial charge < -0.3 is 19.9 Å². The third-order valence-electron chi connectivity index (χ3n) is 2.90. The highest BCUT2D eigenvalue weighted by Crippen LogP contribution is 2.26. The Morgan fingerprint density at radius 2 is 1.82 bits per heavy atom. The lowest BCUT2D eigenvalue weighted by molar-refractivity contribution is -0.118. The van der Waals surface area contributed by atoms with Crippen LogP contribution in [0.1, 0.15) is 12.5 Å². The molecule has 0 aliphatic carbocycles. The first-order valence-electron chi connectivity index (χ1n) is 7.07. The Morgan fingerprint density at radius 3 is 2.50 bits per heavy atom. The first-order valence-corrected chi connectivity index (χ1v) is 7.07. The number of para-hydroxylation sites is 2. The minimum atomic E-state index is -0.276. The Hall–Kier alpha value is -2.53. The van der Waals surface area contributed by atoms with Gasteiger partial charge in [-0.3, -0.25) is 4.79 Å². The number of rotatable bonds is 7. The molecule has 0 fully saturated rings. The van der Waals surface area contributed by atoms with Crippen LogP contribution in [0.15, 0.2) is 48.5 Å². The number of ether oxygens (including phenoxy) is 2. The van der Waals surface area contributed by atoms with Crippen LogP contribution in [0.25, 0.3) is 0 Å². The highest BCUT2D eigenvalue weighted by Gasteiger charge is 2.08. The van der Waals surface area contributed by atoms with Gasteiger partial charge in [0, 0.05) is 5.69 Å². The summed E-state index contributed by atoms with van der Waals surface area (Å²) in [7, 11) is 0. The van der Waals surface area contributed by atoms with Gasteiger partial charge in [-0.05, 0) is 36.8 Å². The van der Waals surface area contributed by atoms with Crippen LogP contribution in [-0.2, 0) is 11.4 Å². The van der Waals surface area contributed by atoms with Crippen LogP contribution < -0.4 is 14.8 Å². The van der Waals surface area contributed by atoms with Gasteiger partial charge >= 0.3 is 0 Å². The van der Waals surface area contributed by atoms with E-state index < -0.39 is 0 Å². The molecule has 0 heterocycles. The molecule has 22 heavy (non-hydrogen) atoms. The summed E-state index contributed by atoms with van der Waals surface area (Å²) in [6, 6.07) is 14.2. The number of anilines is 1. The van der Waals surface area contributed by atoms with Gasteiger partial charge in [0.25, 0.3) is 5.91 Å². The summed E-state index contributed by atoms with van der Waals surface area (Å²) < 4.78 is 10.9. The van der Waals surface area contributed by atoms with Crippen LogP contribution in [0, 0.1) is 0 Å². The summed E-state index contributed by atoms with van der Waals surface area (Å²) in [6.07, 6.45) is 0. The molecular weight excluding hydrogens is 282 g/mol. The summed E-state index contributed by atoms with van der Waals surface area (Å²) in [5.74, 6) is 0.866. The second kappa shape index (κ2) is 8.05. The van der Waals surface area contributed by atoms with Crippen LogP contribution in [0.4, 0.5) is 5.69 Å². The van der Waals surface area contributed by atoms with Gasteiger partial charge in [-0.15, -0.1) is 0 Å². The average molecular weight is 301 g/mol. The number of aliphatic hydroxyl groups is 1. The monoisotopic (exact) mass is 301 g/mol. The largest absolute Gasteiger partial charge is 0.490 e. The van der Waals surface area contributed by atoms with Gasteiger partial charge in [-0.1, -0.05) is 24.3 Å². The van der Waals surface area contributed by atoms with Crippen molar-refractivity contribution in [3.8, 4) is 11.5 Å². The van der Waals surface area contributed by atoms with E-state index in [1.807, 2.05) is 19.1 Å². The van der Waals surface area contributed by atoms with Gasteiger partial charge in [0.05, 0.1) is 13.2 Å². The zero-order valence-electron chi connectivity index (χ0n) is 12.4. The third-order valence-corrected chi connectivity index (χ3v) is 2.90. The van der Waals surface area contributed by atoms with Crippen molar-refractivity contribution in [2.75, 3.05) is 18.5 Å². The van der Waals surface area contributed by atoms with Crippen molar-refractivity contribution in [1.29, 1.82) is 0 Å². The van der Waals surface area contributed by atoms with E-state index in [0.29, 0.717) is 23.8 Å².